The van der Waals surface area contributed by atoms with Crippen LogP contribution in [0.5, 0.6) is 0 Å². The molecule has 38 heavy (non-hydrogen) atoms. The monoisotopic (exact) mass is 507 g/mol. The Morgan fingerprint density at radius 3 is 0.921 bits per heavy atom. The third kappa shape index (κ3) is 4.61. The number of hydrogen-bond donors (Lipinski definition) is 0. The molecule has 4 heteroatoms. The lowest BCUT2D eigenvalue weighted by Gasteiger charge is -2.25. The molecule has 0 N–H and O–H groups in total. The minimum Gasteiger partial charge on any atom is -0.247 e. The van der Waals surface area contributed by atoms with E-state index >= 15 is 0 Å². The minimum atomic E-state index is -2.55. The first-order valence-corrected chi connectivity index (χ1v) is 14.5. The smallest absolute Gasteiger partial charge is 0.0743 e. The fourth-order valence-corrected chi connectivity index (χ4v) is 7.13. The maximum absolute atomic E-state index is 5.18. The lowest BCUT2D eigenvalue weighted by molar-refractivity contribution is 1.35. The zero-order valence-corrected chi connectivity index (χ0v) is 21.7. The largest absolute Gasteiger partial charge is 0.247 e. The first kappa shape index (κ1) is 23.8. The van der Waals surface area contributed by atoms with Crippen LogP contribution in [0.2, 0.25) is 0 Å². The van der Waals surface area contributed by atoms with Gasteiger partial charge in [0.05, 0.1) is 33.4 Å². The molecule has 0 amide bonds. The van der Waals surface area contributed by atoms with Crippen LogP contribution < -0.4 is 16.3 Å². The summed E-state index contributed by atoms with van der Waals surface area (Å²) in [5, 5.41) is 0. The lowest BCUT2D eigenvalue weighted by Crippen LogP contribution is -2.31. The van der Waals surface area contributed by atoms with Gasteiger partial charge < -0.3 is 0 Å². The van der Waals surface area contributed by atoms with Crippen molar-refractivity contribution in [2.75, 3.05) is 0 Å². The third-order valence-electron chi connectivity index (χ3n) is 6.59. The van der Waals surface area contributed by atoms with Crippen molar-refractivity contribution < 1.29 is 0 Å². The molecule has 0 aliphatic carbocycles. The van der Waals surface area contributed by atoms with Crippen molar-refractivity contribution in [2.24, 2.45) is 0 Å². The second-order valence-electron chi connectivity index (χ2n) is 9.05. The van der Waals surface area contributed by atoms with Crippen LogP contribution in [0.3, 0.4) is 0 Å². The molecule has 3 aromatic carbocycles. The van der Waals surface area contributed by atoms with Gasteiger partial charge in [0.1, 0.15) is 0 Å². The van der Waals surface area contributed by atoms with Crippen molar-refractivity contribution in [3.63, 3.8) is 0 Å². The Balaban J connectivity index is 1.57. The normalized spacial score (nSPS) is 11.3. The van der Waals surface area contributed by atoms with Crippen molar-refractivity contribution in [1.29, 1.82) is 0 Å². The van der Waals surface area contributed by atoms with Crippen LogP contribution >= 0.6 is 6.89 Å². The second-order valence-corrected chi connectivity index (χ2v) is 12.0. The van der Waals surface area contributed by atoms with Crippen molar-refractivity contribution in [3.8, 4) is 33.8 Å². The van der Waals surface area contributed by atoms with Gasteiger partial charge in [-0.25, -0.2) is 15.0 Å². The molecule has 0 radical (unpaired) electrons. The Labute approximate surface area is 223 Å². The predicted octanol–water partition coefficient (Wildman–Crippen LogP) is 6.60. The summed E-state index contributed by atoms with van der Waals surface area (Å²) >= 11 is 0. The molecule has 6 aromatic rings. The molecule has 0 saturated heterocycles. The van der Waals surface area contributed by atoms with Gasteiger partial charge in [-0.3, -0.25) is 0 Å². The van der Waals surface area contributed by atoms with Gasteiger partial charge in [0.15, 0.2) is 0 Å². The van der Waals surface area contributed by atoms with Crippen molar-refractivity contribution in [3.05, 3.63) is 146 Å². The summed E-state index contributed by atoms with van der Waals surface area (Å²) < 4.78 is 0. The summed E-state index contributed by atoms with van der Waals surface area (Å²) in [4.78, 5) is 15.5. The van der Waals surface area contributed by atoms with Crippen LogP contribution in [0.25, 0.3) is 33.8 Å². The van der Waals surface area contributed by atoms with E-state index in [0.717, 1.165) is 50.1 Å². The highest BCUT2D eigenvalue weighted by Gasteiger charge is 2.28. The van der Waals surface area contributed by atoms with Crippen LogP contribution in [-0.4, -0.2) is 21.3 Å². The van der Waals surface area contributed by atoms with E-state index in [-0.39, 0.29) is 0 Å². The molecule has 0 aliphatic rings. The molecule has 0 bridgehead atoms. The minimum absolute atomic E-state index is 0.897. The van der Waals surface area contributed by atoms with Gasteiger partial charge in [-0.05, 0) is 36.4 Å². The van der Waals surface area contributed by atoms with Crippen molar-refractivity contribution in [2.45, 2.75) is 0 Å². The Morgan fingerprint density at radius 1 is 0.342 bits per heavy atom. The highest BCUT2D eigenvalue weighted by Crippen LogP contribution is 2.41. The van der Waals surface area contributed by atoms with E-state index in [1.165, 1.54) is 0 Å². The van der Waals surface area contributed by atoms with Crippen LogP contribution in [0.15, 0.2) is 146 Å². The lowest BCUT2D eigenvalue weighted by atomic mass is 10.1. The molecule has 0 aliphatic heterocycles. The standard InChI is InChI=1S/C34H26N3P/c1-38(32-23-11-20-29(35-32)26-14-5-2-6-15-26,33-24-12-21-30(36-33)27-16-7-3-8-17-27)34-25-13-22-31(37-34)28-18-9-4-10-19-28/h2-25H,1H2. The quantitative estimate of drug-likeness (QED) is 0.239. The summed E-state index contributed by atoms with van der Waals surface area (Å²) in [5.41, 5.74) is 8.63. The van der Waals surface area contributed by atoms with Gasteiger partial charge in [0.2, 0.25) is 0 Å². The van der Waals surface area contributed by atoms with E-state index in [9.17, 15) is 0 Å². The molecule has 0 atom stereocenters. The maximum Gasteiger partial charge on any atom is 0.0743 e. The van der Waals surface area contributed by atoms with Crippen LogP contribution in [-0.2, 0) is 0 Å². The fraction of sp³-hybridized carbons (Fsp3) is 0. The van der Waals surface area contributed by atoms with Crippen LogP contribution in [0, 0.1) is 0 Å². The van der Waals surface area contributed by atoms with Crippen molar-refractivity contribution >= 4 is 29.5 Å². The van der Waals surface area contributed by atoms with Crippen LogP contribution in [0.4, 0.5) is 0 Å². The Morgan fingerprint density at radius 2 is 0.632 bits per heavy atom. The van der Waals surface area contributed by atoms with Gasteiger partial charge in [-0.2, -0.15) is 0 Å². The number of hydrogen-bond acceptors (Lipinski definition) is 3. The SMILES string of the molecule is C=P(c1cccc(-c2ccccc2)n1)(c1cccc(-c2ccccc2)n1)c1cccc(-c2ccccc2)n1. The summed E-state index contributed by atoms with van der Waals surface area (Å²) in [6.07, 6.45) is 4.91. The molecular weight excluding hydrogens is 481 g/mol. The molecule has 0 unspecified atom stereocenters. The molecule has 6 rings (SSSR count). The van der Waals surface area contributed by atoms with E-state index in [2.05, 4.69) is 72.8 Å². The summed E-state index contributed by atoms with van der Waals surface area (Å²) in [5.74, 6) is 0. The average molecular weight is 508 g/mol. The van der Waals surface area contributed by atoms with E-state index in [4.69, 9.17) is 21.3 Å². The van der Waals surface area contributed by atoms with E-state index < -0.39 is 6.89 Å². The highest BCUT2D eigenvalue weighted by molar-refractivity contribution is 7.92. The molecular formula is C34H26N3P. The number of aromatic nitrogens is 3. The van der Waals surface area contributed by atoms with E-state index in [1.54, 1.807) is 0 Å². The molecule has 0 spiro atoms. The van der Waals surface area contributed by atoms with E-state index in [1.807, 2.05) is 72.8 Å². The van der Waals surface area contributed by atoms with Gasteiger partial charge in [0, 0.05) is 23.6 Å². The number of rotatable bonds is 6. The molecule has 3 heterocycles. The van der Waals surface area contributed by atoms with Gasteiger partial charge in [-0.1, -0.05) is 115 Å². The summed E-state index contributed by atoms with van der Waals surface area (Å²) in [6.45, 7) is -2.55. The predicted molar refractivity (Wildman–Crippen MR) is 162 cm³/mol. The highest BCUT2D eigenvalue weighted by atomic mass is 31.2. The first-order valence-electron chi connectivity index (χ1n) is 12.5. The Kier molecular flexibility index (Phi) is 6.52. The molecule has 0 fully saturated rings. The van der Waals surface area contributed by atoms with Gasteiger partial charge >= 0.3 is 0 Å². The molecule has 182 valence electrons. The van der Waals surface area contributed by atoms with Gasteiger partial charge in [-0.15, -0.1) is 0 Å². The van der Waals surface area contributed by atoms with Gasteiger partial charge in [0.25, 0.3) is 0 Å². The molecule has 3 aromatic heterocycles. The number of pyridine rings is 3. The zero-order valence-electron chi connectivity index (χ0n) is 20.9. The summed E-state index contributed by atoms with van der Waals surface area (Å²) in [7, 11) is 0. The number of benzene rings is 3. The average Bonchev–Trinajstić information content (AvgIpc) is 3.02. The zero-order chi connectivity index (χ0) is 25.8. The first-order chi connectivity index (χ1) is 18.7. The van der Waals surface area contributed by atoms with Crippen molar-refractivity contribution in [1.82, 2.24) is 15.0 Å². The molecule has 0 saturated carbocycles. The maximum atomic E-state index is 5.18. The topological polar surface area (TPSA) is 38.7 Å². The van der Waals surface area contributed by atoms with E-state index in [0.29, 0.717) is 0 Å². The van der Waals surface area contributed by atoms with Crippen LogP contribution in [0.1, 0.15) is 0 Å². The Bertz CT molecular complexity index is 1530. The Hall–Kier alpha value is -4.59. The summed E-state index contributed by atoms with van der Waals surface area (Å²) in [6, 6.07) is 49.3. The fourth-order valence-electron chi connectivity index (χ4n) is 4.57. The third-order valence-corrected chi connectivity index (χ3v) is 9.68. The molecule has 3 nitrogen and oxygen atoms in total. The second kappa shape index (κ2) is 10.4. The number of nitrogens with zero attached hydrogens (tertiary/aromatic N) is 3.